The number of carbonyl (C=O) groups is 1. The highest BCUT2D eigenvalue weighted by atomic mass is 19.4. The van der Waals surface area contributed by atoms with E-state index in [1.165, 1.54) is 36.5 Å². The van der Waals surface area contributed by atoms with Gasteiger partial charge in [-0.3, -0.25) is 9.78 Å². The van der Waals surface area contributed by atoms with Gasteiger partial charge in [0.05, 0.1) is 11.4 Å². The van der Waals surface area contributed by atoms with Crippen molar-refractivity contribution in [2.24, 2.45) is 0 Å². The van der Waals surface area contributed by atoms with E-state index < -0.39 is 30.1 Å². The molecule has 2 N–H and O–H groups in total. The van der Waals surface area contributed by atoms with Gasteiger partial charge in [-0.15, -0.1) is 0 Å². The molecule has 0 bridgehead atoms. The molecule has 1 aromatic heterocycles. The Kier molecular flexibility index (Phi) is 5.03. The van der Waals surface area contributed by atoms with Crippen molar-refractivity contribution in [2.75, 3.05) is 0 Å². The first-order valence-electron chi connectivity index (χ1n) is 9.02. The van der Waals surface area contributed by atoms with Gasteiger partial charge in [0.1, 0.15) is 17.7 Å². The van der Waals surface area contributed by atoms with Crippen LogP contribution in [-0.2, 0) is 4.79 Å². The number of amides is 1. The van der Waals surface area contributed by atoms with Gasteiger partial charge in [0.25, 0.3) is 5.91 Å². The number of nitrogens with one attached hydrogen (secondary N) is 2. The van der Waals surface area contributed by atoms with Crippen LogP contribution in [0.3, 0.4) is 0 Å². The van der Waals surface area contributed by atoms with E-state index in [9.17, 15) is 22.4 Å². The number of nitrogens with zero attached hydrogens (tertiary/aromatic N) is 2. The number of carbonyl (C=O) groups excluding carboxylic acids is 1. The lowest BCUT2D eigenvalue weighted by atomic mass is 10.1. The highest BCUT2D eigenvalue weighted by Gasteiger charge is 2.44. The fraction of sp³-hybridized carbons (Fsp3) is 0.143. The number of halogens is 4. The molecule has 0 aliphatic carbocycles. The van der Waals surface area contributed by atoms with Crippen LogP contribution in [-0.4, -0.2) is 22.0 Å². The van der Waals surface area contributed by atoms with Crippen LogP contribution in [0, 0.1) is 5.82 Å². The summed E-state index contributed by atoms with van der Waals surface area (Å²) in [5, 5.41) is 5.00. The van der Waals surface area contributed by atoms with Gasteiger partial charge in [-0.1, -0.05) is 24.3 Å². The molecule has 154 valence electrons. The van der Waals surface area contributed by atoms with Crippen molar-refractivity contribution in [1.82, 2.24) is 20.5 Å². The van der Waals surface area contributed by atoms with Crippen LogP contribution in [0.15, 0.2) is 84.5 Å². The van der Waals surface area contributed by atoms with Gasteiger partial charge >= 0.3 is 6.18 Å². The van der Waals surface area contributed by atoms with Crippen LogP contribution >= 0.6 is 0 Å². The Balaban J connectivity index is 1.63. The number of rotatable bonds is 4. The van der Waals surface area contributed by atoms with Crippen molar-refractivity contribution >= 4 is 5.91 Å². The fourth-order valence-corrected chi connectivity index (χ4v) is 3.32. The van der Waals surface area contributed by atoms with Gasteiger partial charge in [0.15, 0.2) is 6.04 Å². The molecule has 0 saturated heterocycles. The van der Waals surface area contributed by atoms with Crippen molar-refractivity contribution in [3.8, 4) is 0 Å². The molecular formula is C21H16F4N4O. The number of benzene rings is 1. The van der Waals surface area contributed by atoms with E-state index in [0.717, 1.165) is 0 Å². The van der Waals surface area contributed by atoms with Crippen LogP contribution < -0.4 is 10.6 Å². The molecule has 30 heavy (non-hydrogen) atoms. The summed E-state index contributed by atoms with van der Waals surface area (Å²) < 4.78 is 54.1. The highest BCUT2D eigenvalue weighted by molar-refractivity contribution is 5.95. The summed E-state index contributed by atoms with van der Waals surface area (Å²) >= 11 is 0. The molecule has 2 unspecified atom stereocenters. The zero-order valence-corrected chi connectivity index (χ0v) is 15.4. The molecule has 2 aliphatic heterocycles. The molecule has 3 heterocycles. The van der Waals surface area contributed by atoms with Gasteiger partial charge in [0, 0.05) is 12.4 Å². The molecule has 0 fully saturated rings. The molecule has 2 aliphatic rings. The van der Waals surface area contributed by atoms with E-state index >= 15 is 0 Å². The number of allylic oxidation sites excluding steroid dienone is 3. The summed E-state index contributed by atoms with van der Waals surface area (Å²) in [5.41, 5.74) is 0.725. The molecule has 9 heteroatoms. The number of hydrogen-bond acceptors (Lipinski definition) is 4. The fourth-order valence-electron chi connectivity index (χ4n) is 3.32. The molecular weight excluding hydrogens is 400 g/mol. The summed E-state index contributed by atoms with van der Waals surface area (Å²) in [4.78, 5) is 18.3. The van der Waals surface area contributed by atoms with Crippen LogP contribution in [0.5, 0.6) is 0 Å². The van der Waals surface area contributed by atoms with Gasteiger partial charge in [-0.2, -0.15) is 13.2 Å². The van der Waals surface area contributed by atoms with Gasteiger partial charge in [0.2, 0.25) is 0 Å². The maximum Gasteiger partial charge on any atom is 0.414 e. The van der Waals surface area contributed by atoms with Crippen molar-refractivity contribution in [2.45, 2.75) is 18.4 Å². The van der Waals surface area contributed by atoms with Crippen LogP contribution in [0.4, 0.5) is 17.6 Å². The third kappa shape index (κ3) is 3.78. The summed E-state index contributed by atoms with van der Waals surface area (Å²) in [6.45, 7) is 0. The molecule has 2 atom stereocenters. The molecule has 2 aromatic rings. The second-order valence-corrected chi connectivity index (χ2v) is 6.67. The molecule has 1 amide bonds. The lowest BCUT2D eigenvalue weighted by molar-refractivity contribution is -0.163. The maximum absolute atomic E-state index is 13.6. The first-order chi connectivity index (χ1) is 14.3. The Bertz CT molecular complexity index is 1030. The Morgan fingerprint density at radius 1 is 1.13 bits per heavy atom. The Morgan fingerprint density at radius 3 is 2.57 bits per heavy atom. The quantitative estimate of drug-likeness (QED) is 0.744. The highest BCUT2D eigenvalue weighted by Crippen LogP contribution is 2.36. The Labute approximate surface area is 169 Å². The van der Waals surface area contributed by atoms with Gasteiger partial charge < -0.3 is 15.5 Å². The van der Waals surface area contributed by atoms with Crippen molar-refractivity contribution in [3.63, 3.8) is 0 Å². The smallest absolute Gasteiger partial charge is 0.355 e. The third-order valence-corrected chi connectivity index (χ3v) is 4.70. The normalized spacial score (nSPS) is 18.8. The maximum atomic E-state index is 13.6. The topological polar surface area (TPSA) is 57.3 Å². The minimum Gasteiger partial charge on any atom is -0.355 e. The van der Waals surface area contributed by atoms with E-state index in [1.807, 2.05) is 5.32 Å². The number of aromatic nitrogens is 1. The monoisotopic (exact) mass is 416 g/mol. The van der Waals surface area contributed by atoms with Crippen LogP contribution in [0.2, 0.25) is 0 Å². The zero-order valence-electron chi connectivity index (χ0n) is 15.4. The molecule has 0 saturated carbocycles. The predicted octanol–water partition coefficient (Wildman–Crippen LogP) is 3.84. The summed E-state index contributed by atoms with van der Waals surface area (Å²) in [6.07, 6.45) is 2.65. The van der Waals surface area contributed by atoms with E-state index in [1.54, 1.807) is 41.5 Å². The lowest BCUT2D eigenvalue weighted by Gasteiger charge is -2.26. The largest absolute Gasteiger partial charge is 0.414 e. The minimum absolute atomic E-state index is 0.0184. The minimum atomic E-state index is -4.73. The SMILES string of the molecule is O=C(NC(c1ccccn1)C(F)(F)F)C1=C2C=CC=CN2C(c2ccc(F)cc2)N1. The lowest BCUT2D eigenvalue weighted by Crippen LogP contribution is -2.41. The van der Waals surface area contributed by atoms with Crippen LogP contribution in [0.1, 0.15) is 23.5 Å². The predicted molar refractivity (Wildman–Crippen MR) is 101 cm³/mol. The second kappa shape index (κ2) is 7.66. The summed E-state index contributed by atoms with van der Waals surface area (Å²) in [5.74, 6) is -1.34. The van der Waals surface area contributed by atoms with Crippen molar-refractivity contribution in [3.05, 3.63) is 102 Å². The van der Waals surface area contributed by atoms with Gasteiger partial charge in [-0.25, -0.2) is 4.39 Å². The second-order valence-electron chi connectivity index (χ2n) is 6.67. The number of fused-ring (bicyclic) bond motifs is 1. The molecule has 4 rings (SSSR count). The zero-order chi connectivity index (χ0) is 21.3. The average molecular weight is 416 g/mol. The number of pyridine rings is 1. The van der Waals surface area contributed by atoms with Gasteiger partial charge in [-0.05, 0) is 42.0 Å². The van der Waals surface area contributed by atoms with Crippen molar-refractivity contribution in [1.29, 1.82) is 0 Å². The molecule has 1 aromatic carbocycles. The first kappa shape index (κ1) is 19.7. The number of alkyl halides is 3. The summed E-state index contributed by atoms with van der Waals surface area (Å²) in [6, 6.07) is 7.50. The van der Waals surface area contributed by atoms with Crippen LogP contribution in [0.25, 0.3) is 0 Å². The van der Waals surface area contributed by atoms with E-state index in [0.29, 0.717) is 11.3 Å². The standard InChI is InChI=1S/C21H16F4N4O/c22-14-9-7-13(8-10-14)19-27-17(16-6-2-4-12-29(16)19)20(30)28-18(21(23,24)25)15-5-1-3-11-26-15/h1-12,18-19,27H,(H,28,30). The average Bonchev–Trinajstić information content (AvgIpc) is 3.12. The first-order valence-corrected chi connectivity index (χ1v) is 9.02. The van der Waals surface area contributed by atoms with E-state index in [2.05, 4.69) is 10.3 Å². The molecule has 0 radical (unpaired) electrons. The molecule has 0 spiro atoms. The van der Waals surface area contributed by atoms with E-state index in [-0.39, 0.29) is 11.4 Å². The molecule has 5 nitrogen and oxygen atoms in total. The third-order valence-electron chi connectivity index (χ3n) is 4.70. The van der Waals surface area contributed by atoms with Crippen molar-refractivity contribution < 1.29 is 22.4 Å². The number of hydrogen-bond donors (Lipinski definition) is 2. The Morgan fingerprint density at radius 2 is 1.90 bits per heavy atom. The van der Waals surface area contributed by atoms with E-state index in [4.69, 9.17) is 0 Å². The Hall–Kier alpha value is -3.62. The summed E-state index contributed by atoms with van der Waals surface area (Å²) in [7, 11) is 0.